The topological polar surface area (TPSA) is 50.2 Å². The van der Waals surface area contributed by atoms with Crippen LogP contribution >= 0.6 is 0 Å². The van der Waals surface area contributed by atoms with Gasteiger partial charge in [-0.2, -0.15) is 5.10 Å². The first kappa shape index (κ1) is 15.0. The highest BCUT2D eigenvalue weighted by atomic mass is 16.2. The lowest BCUT2D eigenvalue weighted by atomic mass is 9.89. The molecule has 0 bridgehead atoms. The maximum atomic E-state index is 12.6. The molecular weight excluding hydrogens is 252 g/mol. The third kappa shape index (κ3) is 2.87. The number of rotatable bonds is 5. The molecule has 5 heteroatoms. The SMILES string of the molecule is CCC(CC)n1nccc1NC(=O)C1(C)CCN(C)C1. The fourth-order valence-electron chi connectivity index (χ4n) is 2.98. The molecule has 1 aromatic rings. The summed E-state index contributed by atoms with van der Waals surface area (Å²) in [6, 6.07) is 2.23. The zero-order valence-electron chi connectivity index (χ0n) is 13.0. The molecule has 5 nitrogen and oxygen atoms in total. The van der Waals surface area contributed by atoms with Crippen LogP contribution in [-0.2, 0) is 4.79 Å². The first-order valence-electron chi connectivity index (χ1n) is 7.53. The molecule has 1 aliphatic heterocycles. The van der Waals surface area contributed by atoms with Crippen molar-refractivity contribution in [3.63, 3.8) is 0 Å². The van der Waals surface area contributed by atoms with Crippen molar-refractivity contribution in [2.24, 2.45) is 5.41 Å². The fraction of sp³-hybridized carbons (Fsp3) is 0.733. The van der Waals surface area contributed by atoms with Gasteiger partial charge in [0.15, 0.2) is 0 Å². The summed E-state index contributed by atoms with van der Waals surface area (Å²) in [6.45, 7) is 8.14. The molecule has 1 unspecified atom stereocenters. The quantitative estimate of drug-likeness (QED) is 0.900. The minimum atomic E-state index is -0.294. The van der Waals surface area contributed by atoms with E-state index in [0.29, 0.717) is 6.04 Å². The van der Waals surface area contributed by atoms with Crippen molar-refractivity contribution in [2.75, 3.05) is 25.5 Å². The second kappa shape index (κ2) is 5.95. The van der Waals surface area contributed by atoms with E-state index < -0.39 is 0 Å². The van der Waals surface area contributed by atoms with E-state index in [0.717, 1.165) is 38.2 Å². The van der Waals surface area contributed by atoms with Crippen molar-refractivity contribution >= 4 is 11.7 Å². The molecule has 1 atom stereocenters. The molecule has 2 rings (SSSR count). The van der Waals surface area contributed by atoms with Gasteiger partial charge in [-0.05, 0) is 39.8 Å². The minimum Gasteiger partial charge on any atom is -0.310 e. The van der Waals surface area contributed by atoms with Crippen LogP contribution in [0.4, 0.5) is 5.82 Å². The van der Waals surface area contributed by atoms with Gasteiger partial charge in [0.25, 0.3) is 0 Å². The molecule has 0 saturated carbocycles. The van der Waals surface area contributed by atoms with Crippen molar-refractivity contribution in [1.82, 2.24) is 14.7 Å². The van der Waals surface area contributed by atoms with Crippen LogP contribution < -0.4 is 5.32 Å². The number of amides is 1. The highest BCUT2D eigenvalue weighted by molar-refractivity contribution is 5.94. The van der Waals surface area contributed by atoms with E-state index in [1.807, 2.05) is 17.7 Å². The number of nitrogens with zero attached hydrogens (tertiary/aromatic N) is 3. The van der Waals surface area contributed by atoms with E-state index in [1.54, 1.807) is 6.20 Å². The van der Waals surface area contributed by atoms with Gasteiger partial charge < -0.3 is 10.2 Å². The Morgan fingerprint density at radius 3 is 2.75 bits per heavy atom. The van der Waals surface area contributed by atoms with E-state index in [-0.39, 0.29) is 11.3 Å². The zero-order valence-corrected chi connectivity index (χ0v) is 13.0. The number of carbonyl (C=O) groups is 1. The van der Waals surface area contributed by atoms with Gasteiger partial charge in [-0.25, -0.2) is 4.68 Å². The molecule has 1 N–H and O–H groups in total. The van der Waals surface area contributed by atoms with E-state index in [1.165, 1.54) is 0 Å². The van der Waals surface area contributed by atoms with E-state index in [2.05, 4.69) is 36.2 Å². The normalized spacial score (nSPS) is 23.4. The lowest BCUT2D eigenvalue weighted by Gasteiger charge is -2.24. The van der Waals surface area contributed by atoms with Gasteiger partial charge in [-0.15, -0.1) is 0 Å². The summed E-state index contributed by atoms with van der Waals surface area (Å²) in [5, 5.41) is 7.44. The first-order chi connectivity index (χ1) is 9.50. The Bertz CT molecular complexity index is 466. The van der Waals surface area contributed by atoms with Crippen LogP contribution in [0.1, 0.15) is 46.1 Å². The maximum absolute atomic E-state index is 12.6. The van der Waals surface area contributed by atoms with Crippen LogP contribution in [0.2, 0.25) is 0 Å². The van der Waals surface area contributed by atoms with Gasteiger partial charge in [0.1, 0.15) is 5.82 Å². The predicted octanol–water partition coefficient (Wildman–Crippen LogP) is 2.52. The van der Waals surface area contributed by atoms with Crippen LogP contribution in [-0.4, -0.2) is 40.7 Å². The van der Waals surface area contributed by atoms with Crippen LogP contribution in [0.5, 0.6) is 0 Å². The number of hydrogen-bond acceptors (Lipinski definition) is 3. The highest BCUT2D eigenvalue weighted by Gasteiger charge is 2.39. The molecule has 0 radical (unpaired) electrons. The smallest absolute Gasteiger partial charge is 0.232 e. The Morgan fingerprint density at radius 1 is 1.50 bits per heavy atom. The molecule has 1 fully saturated rings. The van der Waals surface area contributed by atoms with Gasteiger partial charge >= 0.3 is 0 Å². The third-order valence-corrected chi connectivity index (χ3v) is 4.41. The number of carbonyl (C=O) groups excluding carboxylic acids is 1. The summed E-state index contributed by atoms with van der Waals surface area (Å²) in [6.07, 6.45) is 4.70. The number of hydrogen-bond donors (Lipinski definition) is 1. The molecule has 1 amide bonds. The summed E-state index contributed by atoms with van der Waals surface area (Å²) >= 11 is 0. The van der Waals surface area contributed by atoms with Crippen molar-refractivity contribution in [1.29, 1.82) is 0 Å². The van der Waals surface area contributed by atoms with Gasteiger partial charge in [0.2, 0.25) is 5.91 Å². The average Bonchev–Trinajstić information content (AvgIpc) is 3.00. The van der Waals surface area contributed by atoms with E-state index in [9.17, 15) is 4.79 Å². The number of likely N-dealkylation sites (tertiary alicyclic amines) is 1. The Balaban J connectivity index is 2.11. The maximum Gasteiger partial charge on any atom is 0.232 e. The molecule has 2 heterocycles. The Kier molecular flexibility index (Phi) is 4.48. The van der Waals surface area contributed by atoms with Gasteiger partial charge in [0.05, 0.1) is 17.7 Å². The largest absolute Gasteiger partial charge is 0.310 e. The molecule has 1 aliphatic rings. The number of anilines is 1. The van der Waals surface area contributed by atoms with Crippen molar-refractivity contribution in [3.8, 4) is 0 Å². The lowest BCUT2D eigenvalue weighted by molar-refractivity contribution is -0.124. The minimum absolute atomic E-state index is 0.106. The molecule has 112 valence electrons. The fourth-order valence-corrected chi connectivity index (χ4v) is 2.98. The lowest BCUT2D eigenvalue weighted by Crippen LogP contribution is -2.36. The molecule has 0 aromatic carbocycles. The Morgan fingerprint density at radius 2 is 2.20 bits per heavy atom. The molecule has 20 heavy (non-hydrogen) atoms. The molecular formula is C15H26N4O. The van der Waals surface area contributed by atoms with Crippen molar-refractivity contribution < 1.29 is 4.79 Å². The van der Waals surface area contributed by atoms with Crippen LogP contribution in [0.3, 0.4) is 0 Å². The third-order valence-electron chi connectivity index (χ3n) is 4.41. The van der Waals surface area contributed by atoms with Crippen molar-refractivity contribution in [2.45, 2.75) is 46.1 Å². The monoisotopic (exact) mass is 278 g/mol. The van der Waals surface area contributed by atoms with Crippen LogP contribution in [0.15, 0.2) is 12.3 Å². The van der Waals surface area contributed by atoms with E-state index >= 15 is 0 Å². The summed E-state index contributed by atoms with van der Waals surface area (Å²) in [5.74, 6) is 0.925. The molecule has 0 aliphatic carbocycles. The predicted molar refractivity (Wildman–Crippen MR) is 80.7 cm³/mol. The average molecular weight is 278 g/mol. The molecule has 0 spiro atoms. The zero-order chi connectivity index (χ0) is 14.8. The number of nitrogens with one attached hydrogen (secondary N) is 1. The van der Waals surface area contributed by atoms with Crippen LogP contribution in [0.25, 0.3) is 0 Å². The van der Waals surface area contributed by atoms with Crippen LogP contribution in [0, 0.1) is 5.41 Å². The summed E-state index contributed by atoms with van der Waals surface area (Å²) in [5.41, 5.74) is -0.294. The van der Waals surface area contributed by atoms with E-state index in [4.69, 9.17) is 0 Å². The Hall–Kier alpha value is -1.36. The molecule has 1 saturated heterocycles. The van der Waals surface area contributed by atoms with Gasteiger partial charge in [-0.1, -0.05) is 13.8 Å². The summed E-state index contributed by atoms with van der Waals surface area (Å²) in [4.78, 5) is 14.8. The van der Waals surface area contributed by atoms with Gasteiger partial charge in [0, 0.05) is 12.6 Å². The Labute approximate surface area is 121 Å². The standard InChI is InChI=1S/C15H26N4O/c1-5-12(6-2)19-13(7-9-16-19)17-14(20)15(3)8-10-18(4)11-15/h7,9,12H,5-6,8,10-11H2,1-4H3,(H,17,20). The molecule has 1 aromatic heterocycles. The van der Waals surface area contributed by atoms with Crippen molar-refractivity contribution in [3.05, 3.63) is 12.3 Å². The second-order valence-electron chi connectivity index (χ2n) is 6.13. The summed E-state index contributed by atoms with van der Waals surface area (Å²) in [7, 11) is 2.06. The van der Waals surface area contributed by atoms with Gasteiger partial charge in [-0.3, -0.25) is 4.79 Å². The highest BCUT2D eigenvalue weighted by Crippen LogP contribution is 2.31. The first-order valence-corrected chi connectivity index (χ1v) is 7.53. The number of aromatic nitrogens is 2. The second-order valence-corrected chi connectivity index (χ2v) is 6.13. The summed E-state index contributed by atoms with van der Waals surface area (Å²) < 4.78 is 1.94.